The fraction of sp³-hybridized carbons (Fsp3) is 0.375. The molecule has 0 aromatic heterocycles. The Hall–Kier alpha value is -3.10. The number of urea groups is 1. The summed E-state index contributed by atoms with van der Waals surface area (Å²) in [4.78, 5) is 45.7. The standard InChI is InChI=1S/C16H21N3O6/c1-10(2)14(15(22)25-9-13(21)19-16(17)23)18-12(20)8-24-11-6-4-3-5-7-11/h3-7,10,14H,8-9H2,1-2H3,(H,18,20)(H3,17,19,21,23)/t14-/m0/s1. The van der Waals surface area contributed by atoms with Crippen molar-refractivity contribution in [1.29, 1.82) is 0 Å². The predicted octanol–water partition coefficient (Wildman–Crippen LogP) is -0.0557. The van der Waals surface area contributed by atoms with E-state index in [4.69, 9.17) is 15.2 Å². The molecule has 0 unspecified atom stereocenters. The fourth-order valence-corrected chi connectivity index (χ4v) is 1.78. The van der Waals surface area contributed by atoms with Crippen LogP contribution in [0.2, 0.25) is 0 Å². The highest BCUT2D eigenvalue weighted by Crippen LogP contribution is 2.08. The predicted molar refractivity (Wildman–Crippen MR) is 87.4 cm³/mol. The van der Waals surface area contributed by atoms with Gasteiger partial charge in [-0.05, 0) is 18.1 Å². The molecule has 4 N–H and O–H groups in total. The minimum Gasteiger partial charge on any atom is -0.484 e. The van der Waals surface area contributed by atoms with Gasteiger partial charge in [0.05, 0.1) is 0 Å². The first-order chi connectivity index (χ1) is 11.8. The van der Waals surface area contributed by atoms with E-state index in [1.165, 1.54) is 0 Å². The quantitative estimate of drug-likeness (QED) is 0.561. The summed E-state index contributed by atoms with van der Waals surface area (Å²) < 4.78 is 10.1. The number of imide groups is 1. The number of para-hydroxylation sites is 1. The molecule has 0 aliphatic carbocycles. The smallest absolute Gasteiger partial charge is 0.329 e. The maximum absolute atomic E-state index is 12.0. The number of primary amides is 1. The molecule has 136 valence electrons. The molecular formula is C16H21N3O6. The van der Waals surface area contributed by atoms with Crippen LogP contribution in [0.15, 0.2) is 30.3 Å². The van der Waals surface area contributed by atoms with E-state index in [2.05, 4.69) is 5.32 Å². The zero-order chi connectivity index (χ0) is 18.8. The number of hydrogen-bond acceptors (Lipinski definition) is 6. The van der Waals surface area contributed by atoms with E-state index in [1.54, 1.807) is 43.4 Å². The van der Waals surface area contributed by atoms with Gasteiger partial charge in [-0.1, -0.05) is 32.0 Å². The van der Waals surface area contributed by atoms with Crippen molar-refractivity contribution in [2.45, 2.75) is 19.9 Å². The molecule has 4 amide bonds. The lowest BCUT2D eigenvalue weighted by Gasteiger charge is -2.20. The number of benzene rings is 1. The van der Waals surface area contributed by atoms with Crippen molar-refractivity contribution in [1.82, 2.24) is 10.6 Å². The van der Waals surface area contributed by atoms with Crippen LogP contribution in [0.5, 0.6) is 5.75 Å². The van der Waals surface area contributed by atoms with Gasteiger partial charge in [0.2, 0.25) is 0 Å². The number of ether oxygens (including phenoxy) is 2. The molecule has 0 spiro atoms. The summed E-state index contributed by atoms with van der Waals surface area (Å²) in [6, 6.07) is 6.71. The second-order valence-electron chi connectivity index (χ2n) is 5.41. The van der Waals surface area contributed by atoms with E-state index in [0.717, 1.165) is 0 Å². The molecule has 0 saturated heterocycles. The van der Waals surface area contributed by atoms with Crippen LogP contribution in [-0.4, -0.2) is 43.1 Å². The third-order valence-electron chi connectivity index (χ3n) is 2.96. The van der Waals surface area contributed by atoms with Gasteiger partial charge in [-0.2, -0.15) is 0 Å². The summed E-state index contributed by atoms with van der Waals surface area (Å²) in [6.07, 6.45) is 0. The number of amides is 4. The van der Waals surface area contributed by atoms with Crippen LogP contribution in [-0.2, 0) is 19.1 Å². The van der Waals surface area contributed by atoms with Gasteiger partial charge in [0, 0.05) is 0 Å². The fourth-order valence-electron chi connectivity index (χ4n) is 1.78. The van der Waals surface area contributed by atoms with Crippen LogP contribution >= 0.6 is 0 Å². The van der Waals surface area contributed by atoms with Gasteiger partial charge in [-0.25, -0.2) is 9.59 Å². The highest BCUT2D eigenvalue weighted by atomic mass is 16.5. The Morgan fingerprint density at radius 1 is 1.04 bits per heavy atom. The molecule has 0 bridgehead atoms. The maximum atomic E-state index is 12.0. The van der Waals surface area contributed by atoms with Gasteiger partial charge in [-0.15, -0.1) is 0 Å². The van der Waals surface area contributed by atoms with Crippen LogP contribution in [0.4, 0.5) is 4.79 Å². The first-order valence-electron chi connectivity index (χ1n) is 7.52. The largest absolute Gasteiger partial charge is 0.484 e. The average Bonchev–Trinajstić information content (AvgIpc) is 2.55. The average molecular weight is 351 g/mol. The van der Waals surface area contributed by atoms with E-state index in [9.17, 15) is 19.2 Å². The summed E-state index contributed by atoms with van der Waals surface area (Å²) >= 11 is 0. The monoisotopic (exact) mass is 351 g/mol. The van der Waals surface area contributed by atoms with E-state index in [1.807, 2.05) is 6.07 Å². The molecule has 9 heteroatoms. The lowest BCUT2D eigenvalue weighted by atomic mass is 10.0. The van der Waals surface area contributed by atoms with Gasteiger partial charge in [-0.3, -0.25) is 14.9 Å². The Balaban J connectivity index is 2.49. The summed E-state index contributed by atoms with van der Waals surface area (Å²) in [7, 11) is 0. The Morgan fingerprint density at radius 3 is 2.24 bits per heavy atom. The van der Waals surface area contributed by atoms with Crippen molar-refractivity contribution in [3.63, 3.8) is 0 Å². The van der Waals surface area contributed by atoms with Crippen molar-refractivity contribution >= 4 is 23.8 Å². The van der Waals surface area contributed by atoms with E-state index < -0.39 is 36.5 Å². The SMILES string of the molecule is CC(C)[C@H](NC(=O)COc1ccccc1)C(=O)OCC(=O)NC(N)=O. The molecule has 0 fully saturated rings. The normalized spacial score (nSPS) is 11.3. The van der Waals surface area contributed by atoms with E-state index >= 15 is 0 Å². The maximum Gasteiger partial charge on any atom is 0.329 e. The van der Waals surface area contributed by atoms with Crippen LogP contribution in [0.3, 0.4) is 0 Å². The third-order valence-corrected chi connectivity index (χ3v) is 2.96. The number of carbonyl (C=O) groups excluding carboxylic acids is 4. The number of esters is 1. The van der Waals surface area contributed by atoms with Crippen LogP contribution in [0, 0.1) is 5.92 Å². The lowest BCUT2D eigenvalue weighted by molar-refractivity contribution is -0.152. The van der Waals surface area contributed by atoms with Crippen molar-refractivity contribution in [2.75, 3.05) is 13.2 Å². The second-order valence-corrected chi connectivity index (χ2v) is 5.41. The number of hydrogen-bond donors (Lipinski definition) is 3. The second kappa shape index (κ2) is 9.91. The van der Waals surface area contributed by atoms with E-state index in [-0.39, 0.29) is 12.5 Å². The Morgan fingerprint density at radius 2 is 1.68 bits per heavy atom. The number of nitrogens with two attached hydrogens (primary N) is 1. The molecule has 1 aromatic carbocycles. The molecule has 25 heavy (non-hydrogen) atoms. The molecule has 0 heterocycles. The number of rotatable bonds is 8. The van der Waals surface area contributed by atoms with Crippen molar-refractivity contribution in [3.8, 4) is 5.75 Å². The Kier molecular flexibility index (Phi) is 7.91. The highest BCUT2D eigenvalue weighted by molar-refractivity contribution is 5.95. The summed E-state index contributed by atoms with van der Waals surface area (Å²) in [5.41, 5.74) is 4.77. The van der Waals surface area contributed by atoms with Crippen LogP contribution in [0.1, 0.15) is 13.8 Å². The summed E-state index contributed by atoms with van der Waals surface area (Å²) in [5, 5.41) is 4.25. The van der Waals surface area contributed by atoms with Gasteiger partial charge in [0.15, 0.2) is 13.2 Å². The summed E-state index contributed by atoms with van der Waals surface area (Å²) in [6.45, 7) is 2.45. The zero-order valence-electron chi connectivity index (χ0n) is 14.0. The van der Waals surface area contributed by atoms with Crippen molar-refractivity contribution < 1.29 is 28.7 Å². The zero-order valence-corrected chi connectivity index (χ0v) is 14.0. The van der Waals surface area contributed by atoms with Gasteiger partial charge in [0.1, 0.15) is 11.8 Å². The minimum absolute atomic E-state index is 0.275. The molecular weight excluding hydrogens is 330 g/mol. The third kappa shape index (κ3) is 7.82. The molecule has 1 atom stereocenters. The molecule has 9 nitrogen and oxygen atoms in total. The van der Waals surface area contributed by atoms with Gasteiger partial charge < -0.3 is 20.5 Å². The molecule has 1 aromatic rings. The van der Waals surface area contributed by atoms with Gasteiger partial charge >= 0.3 is 12.0 Å². The number of nitrogens with one attached hydrogen (secondary N) is 2. The molecule has 1 rings (SSSR count). The molecule has 0 saturated carbocycles. The number of carbonyl (C=O) groups is 4. The minimum atomic E-state index is -1.05. The van der Waals surface area contributed by atoms with Gasteiger partial charge in [0.25, 0.3) is 11.8 Å². The van der Waals surface area contributed by atoms with Crippen LogP contribution in [0.25, 0.3) is 0 Å². The van der Waals surface area contributed by atoms with Crippen LogP contribution < -0.4 is 21.1 Å². The summed E-state index contributed by atoms with van der Waals surface area (Å²) in [5.74, 6) is -1.94. The topological polar surface area (TPSA) is 137 Å². The Labute approximate surface area is 144 Å². The highest BCUT2D eigenvalue weighted by Gasteiger charge is 2.26. The lowest BCUT2D eigenvalue weighted by Crippen LogP contribution is -2.48. The Bertz CT molecular complexity index is 618. The molecule has 0 radical (unpaired) electrons. The molecule has 0 aliphatic rings. The van der Waals surface area contributed by atoms with Crippen molar-refractivity contribution in [3.05, 3.63) is 30.3 Å². The first kappa shape index (κ1) is 19.9. The first-order valence-corrected chi connectivity index (χ1v) is 7.52. The van der Waals surface area contributed by atoms with E-state index in [0.29, 0.717) is 5.75 Å². The molecule has 0 aliphatic heterocycles. The van der Waals surface area contributed by atoms with Crippen molar-refractivity contribution in [2.24, 2.45) is 11.7 Å².